The Bertz CT molecular complexity index is 1870. The fourth-order valence-corrected chi connectivity index (χ4v) is 5.12. The number of carboxylic acid groups (broad SMARTS) is 2. The largest absolute Gasteiger partial charge is 2.00 e. The van der Waals surface area contributed by atoms with Crippen LogP contribution in [0.15, 0.2) is 97.1 Å². The number of carboxylic acids is 2. The van der Waals surface area contributed by atoms with E-state index in [9.17, 15) is 24.6 Å². The van der Waals surface area contributed by atoms with Crippen LogP contribution in [0.2, 0.25) is 0 Å². The monoisotopic (exact) mass is 844 g/mol. The minimum absolute atomic E-state index is 0. The van der Waals surface area contributed by atoms with Crippen molar-refractivity contribution in [2.75, 3.05) is 17.7 Å². The van der Waals surface area contributed by atoms with Crippen LogP contribution in [-0.4, -0.2) is 34.9 Å². The quantitative estimate of drug-likeness (QED) is 0.131. The van der Waals surface area contributed by atoms with E-state index in [1.165, 1.54) is 0 Å². The predicted octanol–water partition coefficient (Wildman–Crippen LogP) is 4.30. The number of anilines is 3. The first-order valence-corrected chi connectivity index (χ1v) is 14.9. The molecule has 9 N–H and O–H groups in total. The van der Waals surface area contributed by atoms with Gasteiger partial charge >= 0.3 is 21.1 Å². The number of carbonyl (C=O) groups is 3. The Morgan fingerprint density at radius 3 is 2.02 bits per heavy atom. The molecule has 0 bridgehead atoms. The van der Waals surface area contributed by atoms with Gasteiger partial charge in [-0.2, -0.15) is 0 Å². The Hall–Kier alpha value is -5.00. The molecule has 0 radical (unpaired) electrons. The molecule has 1 heterocycles. The van der Waals surface area contributed by atoms with Gasteiger partial charge in [0.2, 0.25) is 5.95 Å². The minimum Gasteiger partial charge on any atom is -0.549 e. The van der Waals surface area contributed by atoms with Crippen molar-refractivity contribution in [1.82, 2.24) is 27.6 Å². The van der Waals surface area contributed by atoms with Crippen molar-refractivity contribution < 1.29 is 45.7 Å². The Balaban J connectivity index is 0.000000556. The molecule has 0 atom stereocenters. The summed E-state index contributed by atoms with van der Waals surface area (Å²) in [5.74, 6) is -2.68. The van der Waals surface area contributed by atoms with E-state index in [2.05, 4.69) is 22.0 Å². The maximum Gasteiger partial charge on any atom is 2.00 e. The first-order valence-electron chi connectivity index (χ1n) is 14.9. The van der Waals surface area contributed by atoms with Crippen LogP contribution in [0.5, 0.6) is 0 Å². The summed E-state index contributed by atoms with van der Waals surface area (Å²) in [6.45, 7) is 2.73. The molecule has 0 spiro atoms. The van der Waals surface area contributed by atoms with Gasteiger partial charge < -0.3 is 48.1 Å². The van der Waals surface area contributed by atoms with Crippen LogP contribution in [-0.2, 0) is 37.2 Å². The number of carbonyl (C=O) groups excluding carboxylic acids is 3. The third-order valence-electron chi connectivity index (χ3n) is 7.97. The molecule has 1 aliphatic carbocycles. The topological polar surface area (TPSA) is 229 Å². The second kappa shape index (κ2) is 18.0. The average molecular weight is 845 g/mol. The van der Waals surface area contributed by atoms with Gasteiger partial charge in [0.25, 0.3) is 5.91 Å². The van der Waals surface area contributed by atoms with Crippen molar-refractivity contribution in [3.05, 3.63) is 114 Å². The SMILES string of the molecule is CNCc1ccc(C)c(NC(=O)c2ccc(Nc3nc(-c4ccccc4)c4ccccc4n3)cc2)c1.N.N.O=C([O-])C1(C(=O)[O-])CCC1.[Pt+2]. The number of hydrogen-bond acceptors (Lipinski definition) is 11. The molecule has 258 valence electrons. The van der Waals surface area contributed by atoms with E-state index >= 15 is 0 Å². The van der Waals surface area contributed by atoms with Gasteiger partial charge in [0.1, 0.15) is 0 Å². The van der Waals surface area contributed by atoms with E-state index < -0.39 is 17.4 Å². The fraction of sp³-hybridized carbons (Fsp3) is 0.194. The molecule has 1 amide bonds. The molecule has 0 aliphatic heterocycles. The number of amides is 1. The summed E-state index contributed by atoms with van der Waals surface area (Å²) in [5.41, 5.74) is 5.41. The molecule has 0 unspecified atom stereocenters. The van der Waals surface area contributed by atoms with Crippen LogP contribution in [0.3, 0.4) is 0 Å². The molecule has 5 aromatic rings. The molecule has 1 aromatic heterocycles. The predicted molar refractivity (Wildman–Crippen MR) is 183 cm³/mol. The summed E-state index contributed by atoms with van der Waals surface area (Å²) in [4.78, 5) is 42.8. The molecular weight excluding hydrogens is 806 g/mol. The van der Waals surface area contributed by atoms with Gasteiger partial charge in [-0.25, -0.2) is 9.97 Å². The maximum atomic E-state index is 12.9. The number of fused-ring (bicyclic) bond motifs is 1. The van der Waals surface area contributed by atoms with E-state index in [1.54, 1.807) is 12.1 Å². The van der Waals surface area contributed by atoms with Gasteiger partial charge in [-0.1, -0.05) is 67.1 Å². The van der Waals surface area contributed by atoms with Crippen LogP contribution in [0, 0.1) is 12.3 Å². The Morgan fingerprint density at radius 1 is 0.816 bits per heavy atom. The molecule has 1 aliphatic rings. The molecule has 12 nitrogen and oxygen atoms in total. The number of aliphatic carboxylic acids is 2. The summed E-state index contributed by atoms with van der Waals surface area (Å²) in [6, 6.07) is 31.4. The summed E-state index contributed by atoms with van der Waals surface area (Å²) in [5, 5.41) is 30.9. The van der Waals surface area contributed by atoms with Gasteiger partial charge in [-0.05, 0) is 74.3 Å². The van der Waals surface area contributed by atoms with Gasteiger partial charge in [-0.15, -0.1) is 0 Å². The zero-order valence-corrected chi connectivity index (χ0v) is 29.5. The van der Waals surface area contributed by atoms with E-state index in [1.807, 2.05) is 92.8 Å². The summed E-state index contributed by atoms with van der Waals surface area (Å²) in [7, 11) is 1.90. The van der Waals surface area contributed by atoms with E-state index in [4.69, 9.17) is 9.97 Å². The Labute approximate surface area is 299 Å². The van der Waals surface area contributed by atoms with Crippen molar-refractivity contribution in [2.45, 2.75) is 32.7 Å². The molecule has 4 aromatic carbocycles. The van der Waals surface area contributed by atoms with Gasteiger partial charge in [-0.3, -0.25) is 4.79 Å². The smallest absolute Gasteiger partial charge is 0.549 e. The van der Waals surface area contributed by atoms with Crippen LogP contribution in [0.1, 0.15) is 40.7 Å². The van der Waals surface area contributed by atoms with Gasteiger partial charge in [0.15, 0.2) is 0 Å². The third-order valence-corrected chi connectivity index (χ3v) is 7.97. The first-order chi connectivity index (χ1) is 22.2. The normalized spacial score (nSPS) is 12.3. The minimum atomic E-state index is -1.67. The van der Waals surface area contributed by atoms with Crippen molar-refractivity contribution in [1.29, 1.82) is 0 Å². The van der Waals surface area contributed by atoms with Crippen molar-refractivity contribution in [3.63, 3.8) is 0 Å². The number of aryl methyl sites for hydroxylation is 1. The number of nitrogens with one attached hydrogen (secondary N) is 3. The number of rotatable bonds is 9. The maximum absolute atomic E-state index is 12.9. The summed E-state index contributed by atoms with van der Waals surface area (Å²) < 4.78 is 0. The number of nitrogens with zero attached hydrogens (tertiary/aromatic N) is 2. The molecule has 1 saturated carbocycles. The van der Waals surface area contributed by atoms with Crippen LogP contribution in [0.4, 0.5) is 17.3 Å². The Kier molecular flexibility index (Phi) is 14.7. The van der Waals surface area contributed by atoms with Crippen LogP contribution < -0.4 is 38.5 Å². The number of aromatic nitrogens is 2. The van der Waals surface area contributed by atoms with E-state index in [0.717, 1.165) is 51.2 Å². The molecule has 6 rings (SSSR count). The second-order valence-electron chi connectivity index (χ2n) is 11.1. The Morgan fingerprint density at radius 2 is 1.45 bits per heavy atom. The standard InChI is InChI=1S/C30H27N5O.C6H8O4.2H3N.Pt/c1-20-12-13-21(19-31-2)18-27(20)33-29(36)23-14-16-24(17-15-23)32-30-34-26-11-7-6-10-25(26)28(35-30)22-8-4-3-5-9-22;7-4(8)6(5(9)10)2-1-3-6;;;/h3-18,31H,19H2,1-2H3,(H,33,36)(H,32,34,35);1-3H2,(H,7,8)(H,9,10);2*1H3;/q;;;;+2/p-2. The van der Waals surface area contributed by atoms with E-state index in [0.29, 0.717) is 17.9 Å². The van der Waals surface area contributed by atoms with E-state index in [-0.39, 0.29) is 52.1 Å². The average Bonchev–Trinajstić information content (AvgIpc) is 3.02. The molecule has 49 heavy (non-hydrogen) atoms. The zero-order chi connectivity index (χ0) is 32.7. The second-order valence-corrected chi connectivity index (χ2v) is 11.1. The zero-order valence-electron chi connectivity index (χ0n) is 27.2. The molecular formula is C36H39N7O5Pt. The fourth-order valence-electron chi connectivity index (χ4n) is 5.12. The molecule has 0 saturated heterocycles. The van der Waals surface area contributed by atoms with Crippen molar-refractivity contribution >= 4 is 46.1 Å². The van der Waals surface area contributed by atoms with Gasteiger partial charge in [0.05, 0.1) is 23.1 Å². The first kappa shape index (κ1) is 40.2. The third kappa shape index (κ3) is 9.33. The number of hydrogen-bond donors (Lipinski definition) is 5. The number of benzene rings is 4. The van der Waals surface area contributed by atoms with Crippen LogP contribution >= 0.6 is 0 Å². The summed E-state index contributed by atoms with van der Waals surface area (Å²) >= 11 is 0. The molecule has 1 fully saturated rings. The number of para-hydroxylation sites is 1. The van der Waals surface area contributed by atoms with Crippen molar-refractivity contribution in [3.8, 4) is 11.3 Å². The summed E-state index contributed by atoms with van der Waals surface area (Å²) in [6.07, 6.45) is 0.928. The van der Waals surface area contributed by atoms with Crippen LogP contribution in [0.25, 0.3) is 22.2 Å². The van der Waals surface area contributed by atoms with Gasteiger partial charge in [0, 0.05) is 39.8 Å². The molecule has 13 heteroatoms. The van der Waals surface area contributed by atoms with Crippen molar-refractivity contribution in [2.24, 2.45) is 5.41 Å².